The second-order valence-electron chi connectivity index (χ2n) is 6.35. The molecular weight excluding hydrogens is 330 g/mol. The van der Waals surface area contributed by atoms with Crippen molar-refractivity contribution in [2.24, 2.45) is 0 Å². The van der Waals surface area contributed by atoms with Crippen LogP contribution >= 0.6 is 11.8 Å². The second-order valence-corrected chi connectivity index (χ2v) is 7.52. The minimum atomic E-state index is -0.483. The third-order valence-electron chi connectivity index (χ3n) is 4.42. The fourth-order valence-electron chi connectivity index (χ4n) is 3.04. The van der Waals surface area contributed by atoms with Crippen molar-refractivity contribution in [3.63, 3.8) is 0 Å². The van der Waals surface area contributed by atoms with Crippen LogP contribution in [0.5, 0.6) is 5.75 Å². The molecule has 1 atom stereocenters. The minimum Gasteiger partial charge on any atom is -0.481 e. The number of aryl methyl sites for hydroxylation is 2. The lowest BCUT2D eigenvalue weighted by Gasteiger charge is -2.19. The van der Waals surface area contributed by atoms with E-state index in [1.165, 1.54) is 28.9 Å². The topological polar surface area (TPSA) is 38.3 Å². The molecule has 0 radical (unpaired) electrons. The molecule has 132 valence electrons. The van der Waals surface area contributed by atoms with Crippen molar-refractivity contribution in [1.29, 1.82) is 0 Å². The van der Waals surface area contributed by atoms with E-state index in [4.69, 9.17) is 4.74 Å². The van der Waals surface area contributed by atoms with E-state index >= 15 is 0 Å². The number of thioether (sulfide) groups is 1. The Morgan fingerprint density at radius 3 is 2.68 bits per heavy atom. The normalized spacial score (nSPS) is 14.4. The van der Waals surface area contributed by atoms with Crippen LogP contribution in [-0.2, 0) is 17.6 Å². The summed E-state index contributed by atoms with van der Waals surface area (Å²) < 4.78 is 5.84. The first-order chi connectivity index (χ1) is 12.2. The summed E-state index contributed by atoms with van der Waals surface area (Å²) in [5, 5.41) is 2.95. The van der Waals surface area contributed by atoms with E-state index in [1.807, 2.05) is 24.3 Å². The first-order valence-electron chi connectivity index (χ1n) is 8.96. The summed E-state index contributed by atoms with van der Waals surface area (Å²) in [5.41, 5.74) is 2.80. The van der Waals surface area contributed by atoms with Crippen molar-refractivity contribution in [1.82, 2.24) is 5.32 Å². The van der Waals surface area contributed by atoms with Gasteiger partial charge in [-0.05, 0) is 68.0 Å². The average Bonchev–Trinajstić information content (AvgIpc) is 2.65. The number of nitrogens with one attached hydrogen (secondary N) is 1. The van der Waals surface area contributed by atoms with Crippen LogP contribution in [0.15, 0.2) is 53.4 Å². The maximum atomic E-state index is 12.2. The molecule has 0 saturated heterocycles. The van der Waals surface area contributed by atoms with Crippen LogP contribution in [0.2, 0.25) is 0 Å². The SMILES string of the molecule is CC(Oc1ccc2c(c1)CCCC2)C(=O)NCCSc1ccccc1. The van der Waals surface area contributed by atoms with Crippen LogP contribution < -0.4 is 10.1 Å². The predicted molar refractivity (Wildman–Crippen MR) is 103 cm³/mol. The Balaban J connectivity index is 1.43. The maximum Gasteiger partial charge on any atom is 0.260 e. The van der Waals surface area contributed by atoms with Crippen molar-refractivity contribution < 1.29 is 9.53 Å². The zero-order valence-corrected chi connectivity index (χ0v) is 15.5. The molecule has 1 unspecified atom stereocenters. The highest BCUT2D eigenvalue weighted by molar-refractivity contribution is 7.99. The Hall–Kier alpha value is -1.94. The van der Waals surface area contributed by atoms with Gasteiger partial charge in [0.05, 0.1) is 0 Å². The molecule has 0 bridgehead atoms. The highest BCUT2D eigenvalue weighted by Gasteiger charge is 2.16. The second kappa shape index (κ2) is 8.95. The monoisotopic (exact) mass is 355 g/mol. The Bertz CT molecular complexity index is 702. The molecule has 3 rings (SSSR count). The van der Waals surface area contributed by atoms with Gasteiger partial charge in [-0.2, -0.15) is 0 Å². The number of rotatable bonds is 7. The molecule has 0 aromatic heterocycles. The van der Waals surface area contributed by atoms with Crippen LogP contribution in [0.25, 0.3) is 0 Å². The lowest BCUT2D eigenvalue weighted by Crippen LogP contribution is -2.37. The van der Waals surface area contributed by atoms with E-state index in [0.29, 0.717) is 6.54 Å². The van der Waals surface area contributed by atoms with Gasteiger partial charge in [0.1, 0.15) is 5.75 Å². The van der Waals surface area contributed by atoms with E-state index in [-0.39, 0.29) is 5.91 Å². The van der Waals surface area contributed by atoms with Gasteiger partial charge in [-0.25, -0.2) is 0 Å². The lowest BCUT2D eigenvalue weighted by atomic mass is 9.92. The number of carbonyl (C=O) groups excluding carboxylic acids is 1. The number of hydrogen-bond acceptors (Lipinski definition) is 3. The van der Waals surface area contributed by atoms with Gasteiger partial charge in [-0.15, -0.1) is 11.8 Å². The van der Waals surface area contributed by atoms with Crippen molar-refractivity contribution in [2.75, 3.05) is 12.3 Å². The fourth-order valence-corrected chi connectivity index (χ4v) is 3.83. The summed E-state index contributed by atoms with van der Waals surface area (Å²) in [5.74, 6) is 1.58. The first kappa shape index (κ1) is 17.9. The minimum absolute atomic E-state index is 0.0635. The fraction of sp³-hybridized carbons (Fsp3) is 0.381. The molecule has 1 amide bonds. The molecule has 0 heterocycles. The van der Waals surface area contributed by atoms with E-state index in [0.717, 1.165) is 24.3 Å². The molecule has 2 aromatic carbocycles. The molecule has 0 aliphatic heterocycles. The summed E-state index contributed by atoms with van der Waals surface area (Å²) >= 11 is 1.74. The largest absolute Gasteiger partial charge is 0.481 e. The lowest BCUT2D eigenvalue weighted by molar-refractivity contribution is -0.127. The summed E-state index contributed by atoms with van der Waals surface area (Å²) in [6.45, 7) is 2.44. The van der Waals surface area contributed by atoms with Gasteiger partial charge in [0.25, 0.3) is 5.91 Å². The molecule has 0 spiro atoms. The maximum absolute atomic E-state index is 12.2. The van der Waals surface area contributed by atoms with Gasteiger partial charge in [-0.3, -0.25) is 4.79 Å². The molecule has 1 aliphatic rings. The number of amides is 1. The summed E-state index contributed by atoms with van der Waals surface area (Å²) in [6, 6.07) is 16.4. The van der Waals surface area contributed by atoms with Crippen molar-refractivity contribution >= 4 is 17.7 Å². The molecule has 0 saturated carbocycles. The standard InChI is InChI=1S/C21H25NO2S/c1-16(21(23)22-13-14-25-20-9-3-2-4-10-20)24-19-12-11-17-7-5-6-8-18(17)15-19/h2-4,9-12,15-16H,5-8,13-14H2,1H3,(H,22,23). The molecule has 0 fully saturated rings. The molecule has 1 N–H and O–H groups in total. The number of ether oxygens (including phenoxy) is 1. The quantitative estimate of drug-likeness (QED) is 0.596. The van der Waals surface area contributed by atoms with Gasteiger partial charge >= 0.3 is 0 Å². The van der Waals surface area contributed by atoms with E-state index in [9.17, 15) is 4.79 Å². The highest BCUT2D eigenvalue weighted by atomic mass is 32.2. The Kier molecular flexibility index (Phi) is 6.40. The van der Waals surface area contributed by atoms with Gasteiger partial charge in [0.15, 0.2) is 6.10 Å². The van der Waals surface area contributed by atoms with E-state index < -0.39 is 6.10 Å². The van der Waals surface area contributed by atoms with Crippen LogP contribution in [0.4, 0.5) is 0 Å². The zero-order valence-electron chi connectivity index (χ0n) is 14.7. The molecule has 2 aromatic rings. The smallest absolute Gasteiger partial charge is 0.260 e. The number of hydrogen-bond donors (Lipinski definition) is 1. The molecular formula is C21H25NO2S. The Labute approximate surface area is 154 Å². The first-order valence-corrected chi connectivity index (χ1v) is 9.95. The summed E-state index contributed by atoms with van der Waals surface area (Å²) in [6.07, 6.45) is 4.30. The van der Waals surface area contributed by atoms with E-state index in [2.05, 4.69) is 29.6 Å². The molecule has 3 nitrogen and oxygen atoms in total. The number of benzene rings is 2. The third-order valence-corrected chi connectivity index (χ3v) is 5.43. The molecule has 25 heavy (non-hydrogen) atoms. The van der Waals surface area contributed by atoms with Crippen LogP contribution in [0.1, 0.15) is 30.9 Å². The molecule has 4 heteroatoms. The van der Waals surface area contributed by atoms with E-state index in [1.54, 1.807) is 18.7 Å². The van der Waals surface area contributed by atoms with Crippen LogP contribution in [0, 0.1) is 0 Å². The Morgan fingerprint density at radius 2 is 1.88 bits per heavy atom. The zero-order chi connectivity index (χ0) is 17.5. The van der Waals surface area contributed by atoms with Gasteiger partial charge in [0, 0.05) is 17.2 Å². The molecule has 1 aliphatic carbocycles. The highest BCUT2D eigenvalue weighted by Crippen LogP contribution is 2.25. The van der Waals surface area contributed by atoms with Crippen LogP contribution in [0.3, 0.4) is 0 Å². The van der Waals surface area contributed by atoms with Crippen molar-refractivity contribution in [2.45, 2.75) is 43.6 Å². The average molecular weight is 356 g/mol. The third kappa shape index (κ3) is 5.27. The summed E-state index contributed by atoms with van der Waals surface area (Å²) in [7, 11) is 0. The van der Waals surface area contributed by atoms with Gasteiger partial charge in [-0.1, -0.05) is 24.3 Å². The van der Waals surface area contributed by atoms with Gasteiger partial charge in [0.2, 0.25) is 0 Å². The number of carbonyl (C=O) groups is 1. The van der Waals surface area contributed by atoms with Crippen LogP contribution in [-0.4, -0.2) is 24.3 Å². The summed E-state index contributed by atoms with van der Waals surface area (Å²) in [4.78, 5) is 13.4. The van der Waals surface area contributed by atoms with Crippen molar-refractivity contribution in [3.8, 4) is 5.75 Å². The Morgan fingerprint density at radius 1 is 1.12 bits per heavy atom. The predicted octanol–water partition coefficient (Wildman–Crippen LogP) is 4.24. The number of fused-ring (bicyclic) bond motifs is 1. The van der Waals surface area contributed by atoms with Crippen molar-refractivity contribution in [3.05, 3.63) is 59.7 Å². The van der Waals surface area contributed by atoms with Gasteiger partial charge < -0.3 is 10.1 Å².